The highest BCUT2D eigenvalue weighted by Crippen LogP contribution is 2.34. The number of ether oxygens (including phenoxy) is 4. The van der Waals surface area contributed by atoms with Gasteiger partial charge < -0.3 is 18.9 Å². The lowest BCUT2D eigenvalue weighted by atomic mass is 10.1. The van der Waals surface area contributed by atoms with Crippen molar-refractivity contribution in [1.29, 1.82) is 0 Å². The van der Waals surface area contributed by atoms with Crippen LogP contribution >= 0.6 is 0 Å². The monoisotopic (exact) mass is 573 g/mol. The van der Waals surface area contributed by atoms with E-state index >= 15 is 0 Å². The minimum Gasteiger partial charge on any atom is -0.493 e. The number of hydrogen-bond donors (Lipinski definition) is 0. The van der Waals surface area contributed by atoms with Gasteiger partial charge in [-0.1, -0.05) is 30.3 Å². The zero-order valence-corrected chi connectivity index (χ0v) is 22.1. The summed E-state index contributed by atoms with van der Waals surface area (Å²) in [4.78, 5) is 17.9. The lowest BCUT2D eigenvalue weighted by Gasteiger charge is -2.13. The van der Waals surface area contributed by atoms with Crippen LogP contribution in [-0.4, -0.2) is 29.8 Å². The summed E-state index contributed by atoms with van der Waals surface area (Å²) in [7, 11) is 1.49. The van der Waals surface area contributed by atoms with E-state index in [0.717, 1.165) is 22.4 Å². The molecule has 11 heteroatoms. The Bertz CT molecular complexity index is 1890. The van der Waals surface area contributed by atoms with Gasteiger partial charge in [-0.25, -0.2) is 4.98 Å². The summed E-state index contributed by atoms with van der Waals surface area (Å²) >= 11 is 0. The molecule has 0 saturated heterocycles. The van der Waals surface area contributed by atoms with Crippen molar-refractivity contribution < 1.29 is 32.1 Å². The molecule has 4 aromatic carbocycles. The van der Waals surface area contributed by atoms with Gasteiger partial charge >= 0.3 is 6.18 Å². The highest BCUT2D eigenvalue weighted by atomic mass is 19.4. The van der Waals surface area contributed by atoms with E-state index in [1.54, 1.807) is 42.5 Å². The molecule has 0 unspecified atom stereocenters. The number of methoxy groups -OCH3 is 1. The molecule has 42 heavy (non-hydrogen) atoms. The molecule has 0 amide bonds. The third kappa shape index (κ3) is 5.36. The Hall–Kier alpha value is -5.32. The Labute approximate surface area is 237 Å². The van der Waals surface area contributed by atoms with Crippen LogP contribution in [0.2, 0.25) is 0 Å². The van der Waals surface area contributed by atoms with Gasteiger partial charge in [-0.3, -0.25) is 4.79 Å². The maximum atomic E-state index is 13.4. The molecule has 2 heterocycles. The van der Waals surface area contributed by atoms with Gasteiger partial charge in [-0.15, -0.1) is 0 Å². The van der Waals surface area contributed by atoms with Crippen LogP contribution in [0.5, 0.6) is 23.0 Å². The van der Waals surface area contributed by atoms with Gasteiger partial charge in [-0.05, 0) is 65.7 Å². The van der Waals surface area contributed by atoms with E-state index in [0.29, 0.717) is 34.1 Å². The quantitative estimate of drug-likeness (QED) is 0.213. The first-order valence-electron chi connectivity index (χ1n) is 12.7. The fraction of sp³-hybridized carbons (Fsp3) is 0.129. The Balaban J connectivity index is 1.32. The molecule has 1 aliphatic rings. The summed E-state index contributed by atoms with van der Waals surface area (Å²) in [5, 5.41) is 4.61. The fourth-order valence-electron chi connectivity index (χ4n) is 4.45. The maximum Gasteiger partial charge on any atom is 0.416 e. The van der Waals surface area contributed by atoms with E-state index in [2.05, 4.69) is 10.1 Å². The fourth-order valence-corrected chi connectivity index (χ4v) is 4.45. The molecule has 0 bridgehead atoms. The van der Waals surface area contributed by atoms with E-state index in [1.807, 2.05) is 18.2 Å². The maximum absolute atomic E-state index is 13.4. The normalized spacial score (nSPS) is 12.7. The highest BCUT2D eigenvalue weighted by Gasteiger charge is 2.31. The van der Waals surface area contributed by atoms with Crippen LogP contribution in [0.3, 0.4) is 0 Å². The summed E-state index contributed by atoms with van der Waals surface area (Å²) < 4.78 is 63.5. The second-order valence-corrected chi connectivity index (χ2v) is 9.28. The van der Waals surface area contributed by atoms with Gasteiger partial charge in [0.05, 0.1) is 29.8 Å². The number of halogens is 3. The summed E-state index contributed by atoms with van der Waals surface area (Å²) in [6, 6.07) is 21.8. The summed E-state index contributed by atoms with van der Waals surface area (Å²) in [6.45, 7) is 0.429. The largest absolute Gasteiger partial charge is 0.493 e. The molecule has 1 aliphatic heterocycles. The minimum atomic E-state index is -4.57. The van der Waals surface area contributed by atoms with Crippen LogP contribution in [0.4, 0.5) is 13.2 Å². The third-order valence-electron chi connectivity index (χ3n) is 6.54. The number of alkyl halides is 3. The van der Waals surface area contributed by atoms with E-state index in [4.69, 9.17) is 18.9 Å². The SMILES string of the molecule is COc1cc(C=Nn2c(-c3cccc(C(F)(F)F)c3)nc3ccccc3c2=O)ccc1OCc1ccc2c(c1)OCO2. The predicted octanol–water partition coefficient (Wildman–Crippen LogP) is 6.28. The number of para-hydroxylation sites is 1. The molecular formula is C31H22F3N3O5. The average molecular weight is 574 g/mol. The van der Waals surface area contributed by atoms with Gasteiger partial charge in [0.25, 0.3) is 5.56 Å². The number of rotatable bonds is 7. The van der Waals surface area contributed by atoms with Gasteiger partial charge in [0.15, 0.2) is 28.8 Å². The highest BCUT2D eigenvalue weighted by molar-refractivity contribution is 5.82. The van der Waals surface area contributed by atoms with Crippen molar-refractivity contribution in [2.45, 2.75) is 12.8 Å². The van der Waals surface area contributed by atoms with Gasteiger partial charge in [0.2, 0.25) is 6.79 Å². The van der Waals surface area contributed by atoms with Crippen LogP contribution in [0, 0.1) is 0 Å². The molecule has 6 rings (SSSR count). The van der Waals surface area contributed by atoms with Crippen molar-refractivity contribution in [3.8, 4) is 34.4 Å². The van der Waals surface area contributed by atoms with Crippen molar-refractivity contribution >= 4 is 17.1 Å². The average Bonchev–Trinajstić information content (AvgIpc) is 3.47. The van der Waals surface area contributed by atoms with Crippen molar-refractivity contribution in [3.63, 3.8) is 0 Å². The lowest BCUT2D eigenvalue weighted by Crippen LogP contribution is -2.20. The number of nitrogens with zero attached hydrogens (tertiary/aromatic N) is 3. The van der Waals surface area contributed by atoms with E-state index < -0.39 is 17.3 Å². The van der Waals surface area contributed by atoms with Crippen molar-refractivity contribution in [3.05, 3.63) is 112 Å². The predicted molar refractivity (Wildman–Crippen MR) is 149 cm³/mol. The number of benzene rings is 4. The van der Waals surface area contributed by atoms with Crippen LogP contribution in [0.25, 0.3) is 22.3 Å². The van der Waals surface area contributed by atoms with Gasteiger partial charge in [0, 0.05) is 5.56 Å². The Morgan fingerprint density at radius 1 is 0.952 bits per heavy atom. The number of aromatic nitrogens is 2. The Morgan fingerprint density at radius 2 is 1.79 bits per heavy atom. The van der Waals surface area contributed by atoms with Crippen LogP contribution in [0.15, 0.2) is 94.8 Å². The van der Waals surface area contributed by atoms with E-state index in [1.165, 1.54) is 25.5 Å². The zero-order chi connectivity index (χ0) is 29.3. The molecule has 0 N–H and O–H groups in total. The topological polar surface area (TPSA) is 84.2 Å². The van der Waals surface area contributed by atoms with Gasteiger partial charge in [-0.2, -0.15) is 22.9 Å². The third-order valence-corrected chi connectivity index (χ3v) is 6.54. The smallest absolute Gasteiger partial charge is 0.416 e. The first-order chi connectivity index (χ1) is 20.3. The molecule has 8 nitrogen and oxygen atoms in total. The second kappa shape index (κ2) is 10.9. The zero-order valence-electron chi connectivity index (χ0n) is 22.1. The van der Waals surface area contributed by atoms with Crippen molar-refractivity contribution in [1.82, 2.24) is 9.66 Å². The molecule has 0 saturated carbocycles. The van der Waals surface area contributed by atoms with Crippen molar-refractivity contribution in [2.75, 3.05) is 13.9 Å². The Kier molecular flexibility index (Phi) is 6.99. The molecule has 212 valence electrons. The van der Waals surface area contributed by atoms with E-state index in [9.17, 15) is 18.0 Å². The Morgan fingerprint density at radius 3 is 2.62 bits per heavy atom. The summed E-state index contributed by atoms with van der Waals surface area (Å²) in [6.07, 6.45) is -3.16. The van der Waals surface area contributed by atoms with Gasteiger partial charge in [0.1, 0.15) is 6.61 Å². The summed E-state index contributed by atoms with van der Waals surface area (Å²) in [5.41, 5.74) is 0.468. The number of fused-ring (bicyclic) bond motifs is 2. The van der Waals surface area contributed by atoms with Crippen LogP contribution in [-0.2, 0) is 12.8 Å². The lowest BCUT2D eigenvalue weighted by molar-refractivity contribution is -0.137. The standard InChI is InChI=1S/C31H22F3N3O5/c1-39-27-13-19(9-11-25(27)40-17-20-10-12-26-28(14-20)42-18-41-26)16-35-37-29(21-5-4-6-22(15-21)31(32,33)34)36-24-8-3-2-7-23(24)30(37)38/h2-16H,17-18H2,1H3. The van der Waals surface area contributed by atoms with Crippen molar-refractivity contribution in [2.24, 2.45) is 5.10 Å². The molecule has 0 spiro atoms. The summed E-state index contributed by atoms with van der Waals surface area (Å²) in [5.74, 6) is 2.19. The first-order valence-corrected chi connectivity index (χ1v) is 12.7. The minimum absolute atomic E-state index is 0.0308. The molecule has 5 aromatic rings. The molecular weight excluding hydrogens is 551 g/mol. The molecule has 0 fully saturated rings. The molecule has 0 radical (unpaired) electrons. The number of hydrogen-bond acceptors (Lipinski definition) is 7. The molecule has 0 aliphatic carbocycles. The first kappa shape index (κ1) is 26.9. The molecule has 0 atom stereocenters. The van der Waals surface area contributed by atoms with Crippen LogP contribution in [0.1, 0.15) is 16.7 Å². The van der Waals surface area contributed by atoms with E-state index in [-0.39, 0.29) is 30.2 Å². The molecule has 1 aromatic heterocycles. The van der Waals surface area contributed by atoms with Crippen LogP contribution < -0.4 is 24.5 Å². The second-order valence-electron chi connectivity index (χ2n) is 9.28.